The Bertz CT molecular complexity index is 608. The van der Waals surface area contributed by atoms with Crippen molar-refractivity contribution in [2.24, 2.45) is 11.3 Å². The molecular formula is C23H38N2O3. The molecule has 0 fully saturated rings. The van der Waals surface area contributed by atoms with E-state index in [-0.39, 0.29) is 23.1 Å². The molecule has 2 N–H and O–H groups in total. The molecule has 1 atom stereocenters. The average Bonchev–Trinajstić information content (AvgIpc) is 2.66. The van der Waals surface area contributed by atoms with Crippen LogP contribution in [0.2, 0.25) is 0 Å². The molecule has 0 saturated carbocycles. The summed E-state index contributed by atoms with van der Waals surface area (Å²) in [5.41, 5.74) is 5.37. The minimum absolute atomic E-state index is 0.137. The lowest BCUT2D eigenvalue weighted by atomic mass is 9.77. The number of amides is 2. The van der Waals surface area contributed by atoms with Crippen molar-refractivity contribution in [3.63, 3.8) is 0 Å². The lowest BCUT2D eigenvalue weighted by Crippen LogP contribution is -2.47. The number of unbranched alkanes of at least 4 members (excludes halogenated alkanes) is 6. The van der Waals surface area contributed by atoms with Crippen LogP contribution in [-0.2, 0) is 4.79 Å². The van der Waals surface area contributed by atoms with E-state index < -0.39 is 0 Å². The summed E-state index contributed by atoms with van der Waals surface area (Å²) in [6, 6.07) is 6.94. The van der Waals surface area contributed by atoms with Gasteiger partial charge in [-0.15, -0.1) is 0 Å². The van der Waals surface area contributed by atoms with Gasteiger partial charge in [0.2, 0.25) is 5.91 Å². The Hall–Kier alpha value is -2.04. The molecule has 0 bridgehead atoms. The third kappa shape index (κ3) is 8.32. The van der Waals surface area contributed by atoms with Gasteiger partial charge in [-0.2, -0.15) is 0 Å². The van der Waals surface area contributed by atoms with Crippen molar-refractivity contribution in [2.75, 3.05) is 7.11 Å². The summed E-state index contributed by atoms with van der Waals surface area (Å²) in [7, 11) is 1.52. The van der Waals surface area contributed by atoms with Gasteiger partial charge in [0, 0.05) is 5.92 Å². The molecule has 0 aliphatic carbocycles. The normalized spacial score (nSPS) is 12.3. The summed E-state index contributed by atoms with van der Waals surface area (Å²) in [6.45, 7) is 8.43. The number of nitrogens with one attached hydrogen (secondary N) is 2. The first kappa shape index (κ1) is 24.0. The van der Waals surface area contributed by atoms with E-state index in [9.17, 15) is 9.59 Å². The van der Waals surface area contributed by atoms with Crippen LogP contribution in [0.25, 0.3) is 0 Å². The highest BCUT2D eigenvalue weighted by Crippen LogP contribution is 2.30. The molecule has 158 valence electrons. The molecule has 1 aromatic carbocycles. The average molecular weight is 391 g/mol. The van der Waals surface area contributed by atoms with E-state index in [2.05, 4.69) is 38.5 Å². The van der Waals surface area contributed by atoms with E-state index in [0.29, 0.717) is 11.3 Å². The maximum atomic E-state index is 12.7. The first-order chi connectivity index (χ1) is 13.3. The standard InChI is InChI=1S/C23H38N2O3/c1-6-7-8-9-10-11-12-16-19(23(2,3)4)22(27)25-24-21(26)18-15-13-14-17-20(18)28-5/h13-15,17,19H,6-12,16H2,1-5H3,(H,24,26)(H,25,27). The second-order valence-corrected chi connectivity index (χ2v) is 8.47. The number of benzene rings is 1. The first-order valence-corrected chi connectivity index (χ1v) is 10.5. The molecule has 1 aromatic rings. The largest absolute Gasteiger partial charge is 0.496 e. The van der Waals surface area contributed by atoms with Crippen LogP contribution >= 0.6 is 0 Å². The Morgan fingerprint density at radius 2 is 1.57 bits per heavy atom. The molecule has 5 nitrogen and oxygen atoms in total. The first-order valence-electron chi connectivity index (χ1n) is 10.5. The van der Waals surface area contributed by atoms with Crippen LogP contribution in [0.5, 0.6) is 5.75 Å². The van der Waals surface area contributed by atoms with Gasteiger partial charge in [0.05, 0.1) is 12.7 Å². The number of hydrogen-bond donors (Lipinski definition) is 2. The molecule has 2 amide bonds. The highest BCUT2D eigenvalue weighted by atomic mass is 16.5. The molecular weight excluding hydrogens is 352 g/mol. The maximum Gasteiger partial charge on any atom is 0.273 e. The van der Waals surface area contributed by atoms with E-state index in [4.69, 9.17) is 4.74 Å². The number of para-hydroxylation sites is 1. The second kappa shape index (κ2) is 12.4. The Morgan fingerprint density at radius 1 is 0.964 bits per heavy atom. The summed E-state index contributed by atoms with van der Waals surface area (Å²) >= 11 is 0. The molecule has 0 heterocycles. The minimum atomic E-state index is -0.380. The molecule has 0 spiro atoms. The van der Waals surface area contributed by atoms with Gasteiger partial charge in [0.15, 0.2) is 0 Å². The molecule has 28 heavy (non-hydrogen) atoms. The van der Waals surface area contributed by atoms with Crippen molar-refractivity contribution in [2.45, 2.75) is 79.1 Å². The van der Waals surface area contributed by atoms with Crippen molar-refractivity contribution in [1.82, 2.24) is 10.9 Å². The number of ether oxygens (including phenoxy) is 1. The predicted octanol–water partition coefficient (Wildman–Crippen LogP) is 5.26. The second-order valence-electron chi connectivity index (χ2n) is 8.47. The fraction of sp³-hybridized carbons (Fsp3) is 0.652. The summed E-state index contributed by atoms with van der Waals surface area (Å²) in [5.74, 6) is -0.193. The molecule has 0 radical (unpaired) electrons. The van der Waals surface area contributed by atoms with Crippen LogP contribution in [-0.4, -0.2) is 18.9 Å². The zero-order valence-electron chi connectivity index (χ0n) is 18.3. The lowest BCUT2D eigenvalue weighted by Gasteiger charge is -2.29. The van der Waals surface area contributed by atoms with Crippen LogP contribution in [0.4, 0.5) is 0 Å². The van der Waals surface area contributed by atoms with Crippen LogP contribution in [0, 0.1) is 11.3 Å². The van der Waals surface area contributed by atoms with Gasteiger partial charge in [-0.1, -0.05) is 84.8 Å². The van der Waals surface area contributed by atoms with Crippen molar-refractivity contribution < 1.29 is 14.3 Å². The van der Waals surface area contributed by atoms with Gasteiger partial charge in [0.25, 0.3) is 5.91 Å². The zero-order chi connectivity index (χ0) is 21.0. The number of carbonyl (C=O) groups excluding carboxylic acids is 2. The van der Waals surface area contributed by atoms with Gasteiger partial charge in [0.1, 0.15) is 5.75 Å². The van der Waals surface area contributed by atoms with Crippen molar-refractivity contribution in [1.29, 1.82) is 0 Å². The fourth-order valence-electron chi connectivity index (χ4n) is 3.37. The summed E-state index contributed by atoms with van der Waals surface area (Å²) in [6.07, 6.45) is 9.37. The fourth-order valence-corrected chi connectivity index (χ4v) is 3.37. The van der Waals surface area contributed by atoms with Gasteiger partial charge in [-0.05, 0) is 24.0 Å². The summed E-state index contributed by atoms with van der Waals surface area (Å²) in [5, 5.41) is 0. The maximum absolute atomic E-state index is 12.7. The van der Waals surface area contributed by atoms with Gasteiger partial charge in [-0.3, -0.25) is 20.4 Å². The molecule has 0 aliphatic rings. The quantitative estimate of drug-likeness (QED) is 0.400. The van der Waals surface area contributed by atoms with Gasteiger partial charge < -0.3 is 4.74 Å². The molecule has 1 rings (SSSR count). The zero-order valence-corrected chi connectivity index (χ0v) is 18.3. The summed E-state index contributed by atoms with van der Waals surface area (Å²) in [4.78, 5) is 25.1. The predicted molar refractivity (Wildman–Crippen MR) is 114 cm³/mol. The van der Waals surface area contributed by atoms with Gasteiger partial charge >= 0.3 is 0 Å². The van der Waals surface area contributed by atoms with Crippen molar-refractivity contribution in [3.8, 4) is 5.75 Å². The monoisotopic (exact) mass is 390 g/mol. The SMILES string of the molecule is CCCCCCCCCC(C(=O)NNC(=O)c1ccccc1OC)C(C)(C)C. The Balaban J connectivity index is 2.52. The number of hydrazine groups is 1. The molecule has 5 heteroatoms. The molecule has 0 saturated heterocycles. The molecule has 0 aromatic heterocycles. The summed E-state index contributed by atoms with van der Waals surface area (Å²) < 4.78 is 5.20. The Labute approximate surface area is 170 Å². The number of hydrogen-bond acceptors (Lipinski definition) is 3. The number of methoxy groups -OCH3 is 1. The number of rotatable bonds is 11. The Morgan fingerprint density at radius 3 is 2.18 bits per heavy atom. The van der Waals surface area contributed by atoms with E-state index in [1.54, 1.807) is 24.3 Å². The van der Waals surface area contributed by atoms with E-state index in [1.807, 2.05) is 0 Å². The number of carbonyl (C=O) groups is 2. The van der Waals surface area contributed by atoms with Crippen LogP contribution in [0.15, 0.2) is 24.3 Å². The highest BCUT2D eigenvalue weighted by Gasteiger charge is 2.31. The van der Waals surface area contributed by atoms with E-state index in [0.717, 1.165) is 19.3 Å². The van der Waals surface area contributed by atoms with Crippen LogP contribution in [0.1, 0.15) is 89.4 Å². The lowest BCUT2D eigenvalue weighted by molar-refractivity contribution is -0.129. The minimum Gasteiger partial charge on any atom is -0.496 e. The topological polar surface area (TPSA) is 67.4 Å². The molecule has 0 aliphatic heterocycles. The highest BCUT2D eigenvalue weighted by molar-refractivity contribution is 5.98. The van der Waals surface area contributed by atoms with E-state index in [1.165, 1.54) is 39.2 Å². The van der Waals surface area contributed by atoms with E-state index >= 15 is 0 Å². The smallest absolute Gasteiger partial charge is 0.273 e. The molecule has 1 unspecified atom stereocenters. The van der Waals surface area contributed by atoms with Gasteiger partial charge in [-0.25, -0.2) is 0 Å². The van der Waals surface area contributed by atoms with Crippen LogP contribution in [0.3, 0.4) is 0 Å². The van der Waals surface area contributed by atoms with Crippen molar-refractivity contribution >= 4 is 11.8 Å². The van der Waals surface area contributed by atoms with Crippen LogP contribution < -0.4 is 15.6 Å². The third-order valence-electron chi connectivity index (χ3n) is 5.11. The third-order valence-corrected chi connectivity index (χ3v) is 5.11. The van der Waals surface area contributed by atoms with Crippen molar-refractivity contribution in [3.05, 3.63) is 29.8 Å². The Kier molecular flexibility index (Phi) is 10.6.